The molecule has 0 aliphatic rings. The van der Waals surface area contributed by atoms with Crippen molar-refractivity contribution < 1.29 is 9.53 Å². The lowest BCUT2D eigenvalue weighted by Gasteiger charge is -1.95. The molecule has 16 heavy (non-hydrogen) atoms. The third kappa shape index (κ3) is 2.00. The van der Waals surface area contributed by atoms with Crippen molar-refractivity contribution in [1.29, 1.82) is 0 Å². The highest BCUT2D eigenvalue weighted by molar-refractivity contribution is 7.15. The second-order valence-corrected chi connectivity index (χ2v) is 3.94. The molecule has 0 aliphatic heterocycles. The zero-order valence-corrected chi connectivity index (χ0v) is 9.75. The molecule has 2 rings (SSSR count). The number of fused-ring (bicyclic) bond motifs is 1. The molecule has 0 saturated heterocycles. The number of hydrazone groups is 1. The fourth-order valence-corrected chi connectivity index (χ4v) is 2.08. The summed E-state index contributed by atoms with van der Waals surface area (Å²) in [5.41, 5.74) is 2.77. The van der Waals surface area contributed by atoms with Crippen molar-refractivity contribution in [3.63, 3.8) is 0 Å². The summed E-state index contributed by atoms with van der Waals surface area (Å²) in [6.45, 7) is 0. The number of imidazole rings is 1. The summed E-state index contributed by atoms with van der Waals surface area (Å²) in [5, 5.41) is 5.90. The first kappa shape index (κ1) is 10.9. The first-order valence-corrected chi connectivity index (χ1v) is 5.46. The van der Waals surface area contributed by atoms with Crippen molar-refractivity contribution >= 4 is 40.2 Å². The smallest absolute Gasteiger partial charge is 0.427 e. The first-order chi connectivity index (χ1) is 7.72. The number of rotatable bonds is 2. The summed E-state index contributed by atoms with van der Waals surface area (Å²) in [6.07, 6.45) is 2.59. The maximum absolute atomic E-state index is 10.7. The number of hydrogen-bond acceptors (Lipinski definition) is 5. The van der Waals surface area contributed by atoms with E-state index in [9.17, 15) is 4.79 Å². The van der Waals surface area contributed by atoms with Gasteiger partial charge in [0.05, 0.1) is 13.3 Å². The van der Waals surface area contributed by atoms with Crippen LogP contribution in [-0.4, -0.2) is 28.8 Å². The number of methoxy groups -OCH3 is 1. The van der Waals surface area contributed by atoms with Gasteiger partial charge in [-0.05, 0) is 0 Å². The molecule has 0 radical (unpaired) electrons. The average molecular weight is 259 g/mol. The van der Waals surface area contributed by atoms with Crippen LogP contribution in [0.5, 0.6) is 0 Å². The van der Waals surface area contributed by atoms with Crippen LogP contribution in [0.4, 0.5) is 4.79 Å². The van der Waals surface area contributed by atoms with Gasteiger partial charge in [-0.15, -0.1) is 11.3 Å². The highest BCUT2D eigenvalue weighted by atomic mass is 35.5. The van der Waals surface area contributed by atoms with Gasteiger partial charge in [0.2, 0.25) is 0 Å². The molecule has 1 N–H and O–H groups in total. The van der Waals surface area contributed by atoms with E-state index < -0.39 is 6.09 Å². The Morgan fingerprint density at radius 3 is 3.38 bits per heavy atom. The van der Waals surface area contributed by atoms with Crippen LogP contribution in [0.15, 0.2) is 16.7 Å². The summed E-state index contributed by atoms with van der Waals surface area (Å²) >= 11 is 7.36. The van der Waals surface area contributed by atoms with Crippen molar-refractivity contribution in [3.8, 4) is 0 Å². The Morgan fingerprint density at radius 1 is 1.81 bits per heavy atom. The highest BCUT2D eigenvalue weighted by Gasteiger charge is 2.08. The van der Waals surface area contributed by atoms with Gasteiger partial charge in [-0.3, -0.25) is 4.40 Å². The minimum atomic E-state index is -0.640. The van der Waals surface area contributed by atoms with Crippen molar-refractivity contribution in [1.82, 2.24) is 14.8 Å². The first-order valence-electron chi connectivity index (χ1n) is 4.20. The maximum atomic E-state index is 10.7. The van der Waals surface area contributed by atoms with E-state index in [4.69, 9.17) is 11.6 Å². The molecule has 0 aromatic carbocycles. The van der Waals surface area contributed by atoms with Gasteiger partial charge in [-0.25, -0.2) is 15.2 Å². The fraction of sp³-hybridized carbons (Fsp3) is 0.125. The van der Waals surface area contributed by atoms with Crippen LogP contribution in [0.1, 0.15) is 5.69 Å². The zero-order chi connectivity index (χ0) is 11.5. The molecular weight excluding hydrogens is 252 g/mol. The van der Waals surface area contributed by atoms with Gasteiger partial charge in [0.15, 0.2) is 10.1 Å². The molecule has 2 heterocycles. The normalized spacial score (nSPS) is 11.1. The van der Waals surface area contributed by atoms with Gasteiger partial charge in [0.1, 0.15) is 5.69 Å². The van der Waals surface area contributed by atoms with E-state index in [1.54, 1.807) is 4.40 Å². The molecule has 0 atom stereocenters. The van der Waals surface area contributed by atoms with Crippen molar-refractivity contribution in [2.45, 2.75) is 0 Å². The second-order valence-electron chi connectivity index (χ2n) is 2.71. The van der Waals surface area contributed by atoms with Crippen LogP contribution >= 0.6 is 22.9 Å². The molecule has 1 amide bonds. The van der Waals surface area contributed by atoms with E-state index in [1.165, 1.54) is 24.7 Å². The van der Waals surface area contributed by atoms with E-state index in [0.717, 1.165) is 4.96 Å². The van der Waals surface area contributed by atoms with Crippen LogP contribution in [0.3, 0.4) is 0 Å². The maximum Gasteiger partial charge on any atom is 0.427 e. The monoisotopic (exact) mass is 258 g/mol. The number of hydrogen-bond donors (Lipinski definition) is 1. The summed E-state index contributed by atoms with van der Waals surface area (Å²) in [4.78, 5) is 15.6. The lowest BCUT2D eigenvalue weighted by atomic mass is 10.5. The molecule has 2 aromatic heterocycles. The van der Waals surface area contributed by atoms with Crippen molar-refractivity contribution in [2.24, 2.45) is 5.10 Å². The van der Waals surface area contributed by atoms with Gasteiger partial charge in [0.25, 0.3) is 0 Å². The van der Waals surface area contributed by atoms with Gasteiger partial charge in [-0.1, -0.05) is 11.6 Å². The molecular formula is C8H7ClN4O2S. The number of thiazole rings is 1. The lowest BCUT2D eigenvalue weighted by Crippen LogP contribution is -2.16. The van der Waals surface area contributed by atoms with Gasteiger partial charge in [0, 0.05) is 11.6 Å². The topological polar surface area (TPSA) is 68.0 Å². The van der Waals surface area contributed by atoms with Crippen molar-refractivity contribution in [2.75, 3.05) is 7.11 Å². The van der Waals surface area contributed by atoms with E-state index in [2.05, 4.69) is 20.2 Å². The van der Waals surface area contributed by atoms with E-state index in [0.29, 0.717) is 10.8 Å². The number of nitrogens with one attached hydrogen (secondary N) is 1. The highest BCUT2D eigenvalue weighted by Crippen LogP contribution is 2.19. The SMILES string of the molecule is COC(=O)N/N=C/c1c(Cl)nc2sccn12. The quantitative estimate of drug-likeness (QED) is 0.659. The van der Waals surface area contributed by atoms with Crippen LogP contribution in [-0.2, 0) is 4.74 Å². The number of nitrogens with zero attached hydrogens (tertiary/aromatic N) is 3. The number of carbonyl (C=O) groups is 1. The second kappa shape index (κ2) is 4.50. The van der Waals surface area contributed by atoms with Gasteiger partial charge in [-0.2, -0.15) is 5.10 Å². The Balaban J connectivity index is 2.22. The molecule has 0 aliphatic carbocycles. The van der Waals surface area contributed by atoms with Crippen LogP contribution in [0.25, 0.3) is 4.96 Å². The van der Waals surface area contributed by atoms with E-state index in [1.807, 2.05) is 11.6 Å². The van der Waals surface area contributed by atoms with Gasteiger partial charge >= 0.3 is 6.09 Å². The summed E-state index contributed by atoms with van der Waals surface area (Å²) < 4.78 is 6.13. The Morgan fingerprint density at radius 2 is 2.62 bits per heavy atom. The Hall–Kier alpha value is -1.60. The molecule has 0 saturated carbocycles. The summed E-state index contributed by atoms with van der Waals surface area (Å²) in [7, 11) is 1.26. The largest absolute Gasteiger partial charge is 0.452 e. The molecule has 0 unspecified atom stereocenters. The third-order valence-corrected chi connectivity index (χ3v) is 2.82. The molecule has 0 bridgehead atoms. The summed E-state index contributed by atoms with van der Waals surface area (Å²) in [5.74, 6) is 0. The fourth-order valence-electron chi connectivity index (χ4n) is 1.08. The molecule has 0 fully saturated rings. The Kier molecular flexibility index (Phi) is 3.07. The standard InChI is InChI=1S/C8H7ClN4O2S/c1-15-8(14)12-10-4-5-6(9)11-7-13(5)2-3-16-7/h2-4H,1H3,(H,12,14)/b10-4+. The number of aromatic nitrogens is 2. The predicted octanol–water partition coefficient (Wildman–Crippen LogP) is 1.74. The Bertz CT molecular complexity index is 547. The lowest BCUT2D eigenvalue weighted by molar-refractivity contribution is 0.171. The molecule has 0 spiro atoms. The number of halogens is 1. The van der Waals surface area contributed by atoms with Gasteiger partial charge < -0.3 is 4.74 Å². The molecule has 84 valence electrons. The summed E-state index contributed by atoms with van der Waals surface area (Å²) in [6, 6.07) is 0. The van der Waals surface area contributed by atoms with Crippen LogP contribution in [0.2, 0.25) is 5.15 Å². The van der Waals surface area contributed by atoms with E-state index in [-0.39, 0.29) is 0 Å². The molecule has 2 aromatic rings. The van der Waals surface area contributed by atoms with Crippen LogP contribution in [0, 0.1) is 0 Å². The zero-order valence-electron chi connectivity index (χ0n) is 8.18. The number of carbonyl (C=O) groups excluding carboxylic acids is 1. The van der Waals surface area contributed by atoms with Crippen LogP contribution < -0.4 is 5.43 Å². The number of amides is 1. The minimum Gasteiger partial charge on any atom is -0.452 e. The average Bonchev–Trinajstić information content (AvgIpc) is 2.81. The minimum absolute atomic E-state index is 0.335. The number of ether oxygens (including phenoxy) is 1. The molecule has 8 heteroatoms. The Labute approximate surface area is 99.5 Å². The third-order valence-electron chi connectivity index (χ3n) is 1.78. The van der Waals surface area contributed by atoms with Crippen molar-refractivity contribution in [3.05, 3.63) is 22.4 Å². The molecule has 6 nitrogen and oxygen atoms in total. The predicted molar refractivity (Wildman–Crippen MR) is 61.2 cm³/mol. The van der Waals surface area contributed by atoms with E-state index >= 15 is 0 Å².